The fourth-order valence-corrected chi connectivity index (χ4v) is 2.33. The van der Waals surface area contributed by atoms with Crippen LogP contribution in [0.1, 0.15) is 25.0 Å². The molecule has 0 bridgehead atoms. The van der Waals surface area contributed by atoms with Gasteiger partial charge in [0, 0.05) is 11.8 Å². The van der Waals surface area contributed by atoms with Crippen molar-refractivity contribution in [3.8, 4) is 11.5 Å². The summed E-state index contributed by atoms with van der Waals surface area (Å²) in [5, 5.41) is 2.86. The Balaban J connectivity index is 2.01. The Morgan fingerprint density at radius 3 is 2.44 bits per heavy atom. The Bertz CT molecular complexity index is 747. The number of hydrogen-bond acceptors (Lipinski definition) is 3. The highest BCUT2D eigenvalue weighted by Gasteiger charge is 2.17. The minimum atomic E-state index is -0.611. The number of aryl methyl sites for hydroxylation is 2. The number of carbonyl (C=O) groups is 1. The molecule has 0 aromatic heterocycles. The highest BCUT2D eigenvalue weighted by Crippen LogP contribution is 2.24. The first-order valence-corrected chi connectivity index (χ1v) is 8.28. The van der Waals surface area contributed by atoms with Crippen LogP contribution in [0.25, 0.3) is 0 Å². The molecule has 0 aliphatic rings. The van der Waals surface area contributed by atoms with Gasteiger partial charge < -0.3 is 14.8 Å². The lowest BCUT2D eigenvalue weighted by Crippen LogP contribution is -2.30. The van der Waals surface area contributed by atoms with Crippen molar-refractivity contribution in [2.75, 3.05) is 11.9 Å². The number of nitrogens with one attached hydrogen (secondary N) is 1. The van der Waals surface area contributed by atoms with Gasteiger partial charge >= 0.3 is 0 Å². The zero-order valence-electron chi connectivity index (χ0n) is 15.3. The van der Waals surface area contributed by atoms with E-state index < -0.39 is 6.10 Å². The maximum absolute atomic E-state index is 12.4. The molecule has 0 heterocycles. The van der Waals surface area contributed by atoms with Gasteiger partial charge in [-0.1, -0.05) is 30.8 Å². The second kappa shape index (κ2) is 8.38. The lowest BCUT2D eigenvalue weighted by molar-refractivity contribution is -0.122. The summed E-state index contributed by atoms with van der Waals surface area (Å²) in [5.74, 6) is 1.23. The van der Waals surface area contributed by atoms with Crippen molar-refractivity contribution in [1.82, 2.24) is 0 Å². The van der Waals surface area contributed by atoms with Gasteiger partial charge in [0.05, 0.1) is 0 Å². The maximum atomic E-state index is 12.4. The van der Waals surface area contributed by atoms with Crippen LogP contribution in [-0.4, -0.2) is 18.6 Å². The summed E-state index contributed by atoms with van der Waals surface area (Å²) >= 11 is 0. The van der Waals surface area contributed by atoms with Crippen LogP contribution in [0.15, 0.2) is 54.6 Å². The molecule has 2 aromatic carbocycles. The molecule has 1 amide bonds. The highest BCUT2D eigenvalue weighted by atomic mass is 16.5. The van der Waals surface area contributed by atoms with Crippen LogP contribution in [0.5, 0.6) is 11.5 Å². The van der Waals surface area contributed by atoms with Crippen molar-refractivity contribution >= 4 is 11.6 Å². The van der Waals surface area contributed by atoms with Gasteiger partial charge in [0.1, 0.15) is 18.1 Å². The van der Waals surface area contributed by atoms with Crippen molar-refractivity contribution in [2.45, 2.75) is 33.8 Å². The first kappa shape index (κ1) is 18.6. The number of ether oxygens (including phenoxy) is 2. The molecule has 1 atom stereocenters. The van der Waals surface area contributed by atoms with Gasteiger partial charge in [-0.25, -0.2) is 0 Å². The normalized spacial score (nSPS) is 11.5. The summed E-state index contributed by atoms with van der Waals surface area (Å²) in [5.41, 5.74) is 3.62. The molecule has 0 saturated carbocycles. The zero-order chi connectivity index (χ0) is 18.4. The Morgan fingerprint density at radius 2 is 1.80 bits per heavy atom. The third-order valence-corrected chi connectivity index (χ3v) is 3.66. The molecule has 1 N–H and O–H groups in total. The number of rotatable bonds is 7. The van der Waals surface area contributed by atoms with E-state index in [1.165, 1.54) is 0 Å². The molecule has 2 aromatic rings. The van der Waals surface area contributed by atoms with Gasteiger partial charge in [-0.3, -0.25) is 4.79 Å². The Labute approximate surface area is 149 Å². The van der Waals surface area contributed by atoms with Crippen molar-refractivity contribution in [2.24, 2.45) is 0 Å². The topological polar surface area (TPSA) is 47.6 Å². The summed E-state index contributed by atoms with van der Waals surface area (Å²) in [6.45, 7) is 11.8. The maximum Gasteiger partial charge on any atom is 0.265 e. The number of anilines is 1. The van der Waals surface area contributed by atoms with Crippen molar-refractivity contribution in [3.05, 3.63) is 65.7 Å². The number of carbonyl (C=O) groups excluding carboxylic acids is 1. The van der Waals surface area contributed by atoms with Crippen molar-refractivity contribution in [1.29, 1.82) is 0 Å². The van der Waals surface area contributed by atoms with Crippen molar-refractivity contribution < 1.29 is 14.3 Å². The molecular formula is C21H25NO3. The van der Waals surface area contributed by atoms with E-state index in [1.54, 1.807) is 13.0 Å². The number of para-hydroxylation sites is 1. The van der Waals surface area contributed by atoms with Crippen LogP contribution in [0.2, 0.25) is 0 Å². The molecule has 0 aliphatic heterocycles. The minimum Gasteiger partial charge on any atom is -0.489 e. The Hall–Kier alpha value is -2.75. The summed E-state index contributed by atoms with van der Waals surface area (Å²) in [7, 11) is 0. The summed E-state index contributed by atoms with van der Waals surface area (Å²) in [4.78, 5) is 12.4. The number of hydrogen-bond donors (Lipinski definition) is 1. The quantitative estimate of drug-likeness (QED) is 0.746. The van der Waals surface area contributed by atoms with E-state index in [1.807, 2.05) is 57.2 Å². The fourth-order valence-electron chi connectivity index (χ4n) is 2.33. The predicted octanol–water partition coefficient (Wildman–Crippen LogP) is 4.66. The molecule has 0 radical (unpaired) electrons. The van der Waals surface area contributed by atoms with Crippen LogP contribution < -0.4 is 14.8 Å². The number of amides is 1. The molecule has 0 spiro atoms. The van der Waals surface area contributed by atoms with E-state index in [0.717, 1.165) is 22.4 Å². The molecule has 0 aliphatic carbocycles. The van der Waals surface area contributed by atoms with Gasteiger partial charge in [0.25, 0.3) is 5.91 Å². The van der Waals surface area contributed by atoms with Gasteiger partial charge in [-0.15, -0.1) is 0 Å². The molecule has 25 heavy (non-hydrogen) atoms. The van der Waals surface area contributed by atoms with Gasteiger partial charge in [-0.05, 0) is 56.5 Å². The van der Waals surface area contributed by atoms with E-state index in [-0.39, 0.29) is 5.91 Å². The average molecular weight is 339 g/mol. The van der Waals surface area contributed by atoms with Crippen LogP contribution in [0, 0.1) is 13.8 Å². The van der Waals surface area contributed by atoms with Crippen LogP contribution in [0.3, 0.4) is 0 Å². The molecule has 132 valence electrons. The standard InChI is InChI=1S/C21H25NO3/c1-14(2)13-24-19-11-7-10-18(12-19)22-21(23)17(5)25-20-15(3)8-6-9-16(20)4/h6-12,17H,1,13H2,2-5H3,(H,22,23). The molecular weight excluding hydrogens is 314 g/mol. The highest BCUT2D eigenvalue weighted by molar-refractivity contribution is 5.94. The second-order valence-corrected chi connectivity index (χ2v) is 6.24. The van der Waals surface area contributed by atoms with Crippen LogP contribution >= 0.6 is 0 Å². The Kier molecular flexibility index (Phi) is 6.23. The van der Waals surface area contributed by atoms with Gasteiger partial charge in [-0.2, -0.15) is 0 Å². The van der Waals surface area contributed by atoms with E-state index in [4.69, 9.17) is 9.47 Å². The fraction of sp³-hybridized carbons (Fsp3) is 0.286. The molecule has 4 heteroatoms. The molecule has 1 unspecified atom stereocenters. The third-order valence-electron chi connectivity index (χ3n) is 3.66. The monoisotopic (exact) mass is 339 g/mol. The Morgan fingerprint density at radius 1 is 1.16 bits per heavy atom. The number of benzene rings is 2. The van der Waals surface area contributed by atoms with Crippen LogP contribution in [-0.2, 0) is 4.79 Å². The van der Waals surface area contributed by atoms with Crippen molar-refractivity contribution in [3.63, 3.8) is 0 Å². The van der Waals surface area contributed by atoms with Crippen LogP contribution in [0.4, 0.5) is 5.69 Å². The van der Waals surface area contributed by atoms with E-state index in [2.05, 4.69) is 11.9 Å². The molecule has 0 fully saturated rings. The lowest BCUT2D eigenvalue weighted by Gasteiger charge is -2.18. The van der Waals surface area contributed by atoms with E-state index in [0.29, 0.717) is 18.0 Å². The minimum absolute atomic E-state index is 0.209. The first-order valence-electron chi connectivity index (χ1n) is 8.28. The molecule has 2 rings (SSSR count). The van der Waals surface area contributed by atoms with E-state index in [9.17, 15) is 4.79 Å². The summed E-state index contributed by atoms with van der Waals surface area (Å²) < 4.78 is 11.5. The second-order valence-electron chi connectivity index (χ2n) is 6.24. The lowest BCUT2D eigenvalue weighted by atomic mass is 10.1. The van der Waals surface area contributed by atoms with E-state index >= 15 is 0 Å². The third kappa shape index (κ3) is 5.38. The average Bonchev–Trinajstić information content (AvgIpc) is 2.56. The first-order chi connectivity index (χ1) is 11.9. The largest absolute Gasteiger partial charge is 0.489 e. The smallest absolute Gasteiger partial charge is 0.265 e. The SMILES string of the molecule is C=C(C)COc1cccc(NC(=O)C(C)Oc2c(C)cccc2C)c1. The molecule has 0 saturated heterocycles. The zero-order valence-corrected chi connectivity index (χ0v) is 15.3. The van der Waals surface area contributed by atoms with Gasteiger partial charge in [0.2, 0.25) is 0 Å². The predicted molar refractivity (Wildman–Crippen MR) is 101 cm³/mol. The van der Waals surface area contributed by atoms with Gasteiger partial charge in [0.15, 0.2) is 6.10 Å². The molecule has 4 nitrogen and oxygen atoms in total. The summed E-state index contributed by atoms with van der Waals surface area (Å²) in [6, 6.07) is 13.2. The summed E-state index contributed by atoms with van der Waals surface area (Å²) in [6.07, 6.45) is -0.611.